The number of carbonyl (C=O) groups is 2. The summed E-state index contributed by atoms with van der Waals surface area (Å²) in [7, 11) is -1.34. The molecule has 11 nitrogen and oxygen atoms in total. The molecule has 4 rings (SSSR count). The molecule has 3 aromatic carbocycles. The van der Waals surface area contributed by atoms with E-state index in [0.29, 0.717) is 22.4 Å². The maximum absolute atomic E-state index is 16.7. The number of carbonyl (C=O) groups excluding carboxylic acids is 2. The SMILES string of the molecule is CC(C)(C)C(=O)OCOC(OP=O)(OC(=O)C(C)(C)C)C(F)(F)c1ccc(Cn2c(-c3ccc(C#N)cc3)cn(Cc3ccccc3)c2=O)cc1Br. The van der Waals surface area contributed by atoms with Crippen LogP contribution in [0.1, 0.15) is 63.8 Å². The van der Waals surface area contributed by atoms with Crippen molar-refractivity contribution >= 4 is 36.6 Å². The van der Waals surface area contributed by atoms with Crippen molar-refractivity contribution in [3.8, 4) is 17.3 Å². The molecule has 15 heteroatoms. The van der Waals surface area contributed by atoms with E-state index in [1.807, 2.05) is 30.3 Å². The molecule has 0 aliphatic carbocycles. The number of hydrogen-bond donors (Lipinski definition) is 0. The summed E-state index contributed by atoms with van der Waals surface area (Å²) in [6.45, 7) is 7.86. The summed E-state index contributed by atoms with van der Waals surface area (Å²) in [4.78, 5) is 39.1. The summed E-state index contributed by atoms with van der Waals surface area (Å²) in [6.07, 6.45) is 1.69. The van der Waals surface area contributed by atoms with Crippen LogP contribution in [0, 0.1) is 22.2 Å². The monoisotopic (exact) mass is 799 g/mol. The lowest BCUT2D eigenvalue weighted by Gasteiger charge is -2.37. The van der Waals surface area contributed by atoms with E-state index in [-0.39, 0.29) is 23.3 Å². The maximum atomic E-state index is 16.7. The van der Waals surface area contributed by atoms with Crippen molar-refractivity contribution in [2.45, 2.75) is 66.5 Å². The third-order valence-electron chi connectivity index (χ3n) is 7.70. The molecule has 274 valence electrons. The first-order chi connectivity index (χ1) is 24.3. The lowest BCUT2D eigenvalue weighted by atomic mass is 9.97. The van der Waals surface area contributed by atoms with Gasteiger partial charge in [0.15, 0.2) is 6.79 Å². The van der Waals surface area contributed by atoms with Crippen LogP contribution in [-0.2, 0) is 51.9 Å². The van der Waals surface area contributed by atoms with Gasteiger partial charge in [-0.2, -0.15) is 14.0 Å². The number of esters is 2. The van der Waals surface area contributed by atoms with Crippen molar-refractivity contribution in [3.05, 3.63) is 116 Å². The molecule has 0 saturated heterocycles. The molecule has 1 aromatic heterocycles. The number of ether oxygens (including phenoxy) is 3. The molecule has 0 N–H and O–H groups in total. The Hall–Kier alpha value is -4.54. The highest BCUT2D eigenvalue weighted by atomic mass is 79.9. The van der Waals surface area contributed by atoms with Gasteiger partial charge in [-0.3, -0.25) is 23.5 Å². The molecule has 0 radical (unpaired) electrons. The number of rotatable bonds is 13. The van der Waals surface area contributed by atoms with Gasteiger partial charge in [-0.25, -0.2) is 13.9 Å². The Kier molecular flexibility index (Phi) is 12.4. The minimum Gasteiger partial charge on any atom is -0.438 e. The molecule has 1 unspecified atom stereocenters. The fourth-order valence-corrected chi connectivity index (χ4v) is 5.75. The molecule has 0 bridgehead atoms. The van der Waals surface area contributed by atoms with Gasteiger partial charge in [0.05, 0.1) is 41.2 Å². The van der Waals surface area contributed by atoms with E-state index in [9.17, 15) is 24.2 Å². The largest absolute Gasteiger partial charge is 0.438 e. The number of hydrogen-bond acceptors (Lipinski definition) is 9. The van der Waals surface area contributed by atoms with Gasteiger partial charge in [-0.15, -0.1) is 0 Å². The Bertz CT molecular complexity index is 2030. The Labute approximate surface area is 309 Å². The Morgan fingerprint density at radius 3 is 2.08 bits per heavy atom. The predicted molar refractivity (Wildman–Crippen MR) is 190 cm³/mol. The molecule has 0 amide bonds. The van der Waals surface area contributed by atoms with E-state index < -0.39 is 55.7 Å². The van der Waals surface area contributed by atoms with E-state index in [0.717, 1.165) is 11.6 Å². The highest BCUT2D eigenvalue weighted by molar-refractivity contribution is 9.10. The van der Waals surface area contributed by atoms with E-state index in [2.05, 4.69) is 22.0 Å². The van der Waals surface area contributed by atoms with E-state index >= 15 is 8.78 Å². The zero-order valence-electron chi connectivity index (χ0n) is 29.3. The van der Waals surface area contributed by atoms with Crippen LogP contribution in [0.25, 0.3) is 11.3 Å². The van der Waals surface area contributed by atoms with Crippen molar-refractivity contribution in [1.82, 2.24) is 9.13 Å². The summed E-state index contributed by atoms with van der Waals surface area (Å²) in [5, 5.41) is 9.28. The van der Waals surface area contributed by atoms with Gasteiger partial charge in [-0.05, 0) is 76.4 Å². The molecule has 0 aliphatic rings. The number of alkyl halides is 2. The zero-order valence-corrected chi connectivity index (χ0v) is 31.8. The zero-order chi connectivity index (χ0) is 38.5. The molecule has 52 heavy (non-hydrogen) atoms. The van der Waals surface area contributed by atoms with Gasteiger partial charge in [0, 0.05) is 16.2 Å². The van der Waals surface area contributed by atoms with Crippen LogP contribution >= 0.6 is 24.6 Å². The lowest BCUT2D eigenvalue weighted by molar-refractivity contribution is -0.425. The average molecular weight is 801 g/mol. The fourth-order valence-electron chi connectivity index (χ4n) is 4.77. The average Bonchev–Trinajstić information content (AvgIpc) is 3.37. The van der Waals surface area contributed by atoms with Crippen LogP contribution in [0.4, 0.5) is 8.78 Å². The van der Waals surface area contributed by atoms with Gasteiger partial charge in [0.2, 0.25) is 0 Å². The first-order valence-corrected chi connectivity index (χ1v) is 17.4. The van der Waals surface area contributed by atoms with Crippen LogP contribution in [0.2, 0.25) is 0 Å². The number of imidazole rings is 1. The quantitative estimate of drug-likeness (QED) is 0.0745. The molecule has 0 saturated carbocycles. The first-order valence-electron chi connectivity index (χ1n) is 15.9. The third-order valence-corrected chi connectivity index (χ3v) is 8.67. The Morgan fingerprint density at radius 1 is 0.885 bits per heavy atom. The second kappa shape index (κ2) is 16.0. The summed E-state index contributed by atoms with van der Waals surface area (Å²) < 4.78 is 68.1. The number of nitrogens with zero attached hydrogens (tertiary/aromatic N) is 3. The summed E-state index contributed by atoms with van der Waals surface area (Å²) in [6, 6.07) is 21.8. The number of aromatic nitrogens is 2. The molecule has 1 heterocycles. The van der Waals surface area contributed by atoms with Crippen LogP contribution in [0.5, 0.6) is 0 Å². The van der Waals surface area contributed by atoms with E-state index in [1.54, 1.807) is 30.5 Å². The van der Waals surface area contributed by atoms with Crippen LogP contribution in [0.15, 0.2) is 88.3 Å². The van der Waals surface area contributed by atoms with Crippen LogP contribution in [-0.4, -0.2) is 33.8 Å². The maximum Gasteiger partial charge on any atom is 0.414 e. The van der Waals surface area contributed by atoms with E-state index in [4.69, 9.17) is 18.7 Å². The van der Waals surface area contributed by atoms with Gasteiger partial charge in [0.1, 0.15) is 0 Å². The first kappa shape index (κ1) is 40.2. The van der Waals surface area contributed by atoms with Gasteiger partial charge < -0.3 is 9.47 Å². The number of benzene rings is 3. The molecular weight excluding hydrogens is 763 g/mol. The molecular formula is C37H37BrF2N3O8P. The second-order valence-corrected chi connectivity index (χ2v) is 15.1. The third kappa shape index (κ3) is 9.08. The molecule has 0 fully saturated rings. The van der Waals surface area contributed by atoms with E-state index in [1.165, 1.54) is 62.8 Å². The standard InChI is InChI=1S/C37H37BrF2N3O8P/c1-34(2,3)31(44)48-23-49-37(51-52-47,50-32(45)35(4,5)6)36(39,40)28-17-14-26(18-29(28)38)21-43-30(27-15-12-24(19-41)13-16-27)22-42(33(43)46)20-25-10-8-7-9-11-25/h7-18,22H,20-21,23H2,1-6H3. The smallest absolute Gasteiger partial charge is 0.414 e. The molecule has 0 spiro atoms. The van der Waals surface area contributed by atoms with Crippen LogP contribution < -0.4 is 5.69 Å². The summed E-state index contributed by atoms with van der Waals surface area (Å²) in [5.41, 5.74) is -0.644. The predicted octanol–water partition coefficient (Wildman–Crippen LogP) is 8.17. The minimum absolute atomic E-state index is 0.0561. The second-order valence-electron chi connectivity index (χ2n) is 13.9. The van der Waals surface area contributed by atoms with Gasteiger partial charge in [-0.1, -0.05) is 70.5 Å². The molecule has 1 atom stereocenters. The Balaban J connectivity index is 1.76. The number of halogens is 3. The topological polar surface area (TPSA) is 139 Å². The highest BCUT2D eigenvalue weighted by Gasteiger charge is 2.64. The summed E-state index contributed by atoms with van der Waals surface area (Å²) in [5.74, 6) is -10.0. The number of nitriles is 1. The van der Waals surface area contributed by atoms with Crippen molar-refractivity contribution in [2.24, 2.45) is 10.8 Å². The van der Waals surface area contributed by atoms with Crippen molar-refractivity contribution in [2.75, 3.05) is 6.79 Å². The highest BCUT2D eigenvalue weighted by Crippen LogP contribution is 2.48. The minimum atomic E-state index is -4.37. The fraction of sp³-hybridized carbons (Fsp3) is 0.351. The lowest BCUT2D eigenvalue weighted by Crippen LogP contribution is -2.54. The molecule has 4 aromatic rings. The van der Waals surface area contributed by atoms with Gasteiger partial charge >= 0.3 is 38.2 Å². The van der Waals surface area contributed by atoms with Crippen molar-refractivity contribution < 1.29 is 41.7 Å². The molecule has 0 aliphatic heterocycles. The van der Waals surface area contributed by atoms with Crippen LogP contribution in [0.3, 0.4) is 0 Å². The Morgan fingerprint density at radius 2 is 1.52 bits per heavy atom. The van der Waals surface area contributed by atoms with Crippen molar-refractivity contribution in [3.63, 3.8) is 0 Å². The van der Waals surface area contributed by atoms with Crippen molar-refractivity contribution in [1.29, 1.82) is 5.26 Å². The normalized spacial score (nSPS) is 13.3. The van der Waals surface area contributed by atoms with Gasteiger partial charge in [0.25, 0.3) is 0 Å². The summed E-state index contributed by atoms with van der Waals surface area (Å²) >= 11 is 3.19.